The van der Waals surface area contributed by atoms with E-state index < -0.39 is 0 Å². The van der Waals surface area contributed by atoms with Crippen LogP contribution < -0.4 is 15.5 Å². The Morgan fingerprint density at radius 3 is 2.21 bits per heavy atom. The molecular formula is C23H26N4O. The van der Waals surface area contributed by atoms with Crippen molar-refractivity contribution in [3.8, 4) is 0 Å². The number of amides is 2. The number of hydrogen-bond donors (Lipinski definition) is 2. The lowest BCUT2D eigenvalue weighted by atomic mass is 9.99. The standard InChI is InChI=1S/C23H26N4O/c1-27(2)22-14-13-19(16-24-22)17-25-23(28)26-21(20-11-7-4-8-12-20)15-18-9-5-3-6-10-18/h3-14,16,21H,15,17H2,1-2H3,(H2,25,26,28). The third-order valence-electron chi connectivity index (χ3n) is 4.51. The first-order valence-electron chi connectivity index (χ1n) is 9.37. The second-order valence-electron chi connectivity index (χ2n) is 6.90. The minimum atomic E-state index is -0.193. The van der Waals surface area contributed by atoms with Gasteiger partial charge in [0.15, 0.2) is 0 Å². The Balaban J connectivity index is 1.62. The average molecular weight is 374 g/mol. The molecule has 2 N–H and O–H groups in total. The van der Waals surface area contributed by atoms with Gasteiger partial charge in [-0.2, -0.15) is 0 Å². The molecule has 0 spiro atoms. The quantitative estimate of drug-likeness (QED) is 0.659. The molecule has 2 amide bonds. The van der Waals surface area contributed by atoms with Gasteiger partial charge in [0.1, 0.15) is 5.82 Å². The summed E-state index contributed by atoms with van der Waals surface area (Å²) in [6, 6.07) is 23.8. The molecule has 0 saturated heterocycles. The first-order chi connectivity index (χ1) is 13.6. The van der Waals surface area contributed by atoms with Gasteiger partial charge in [0, 0.05) is 26.8 Å². The molecule has 0 radical (unpaired) electrons. The zero-order chi connectivity index (χ0) is 19.8. The van der Waals surface area contributed by atoms with Gasteiger partial charge in [-0.15, -0.1) is 0 Å². The summed E-state index contributed by atoms with van der Waals surface area (Å²) in [5, 5.41) is 6.03. The summed E-state index contributed by atoms with van der Waals surface area (Å²) in [5.41, 5.74) is 3.22. The molecule has 0 saturated carbocycles. The van der Waals surface area contributed by atoms with Crippen LogP contribution in [0.5, 0.6) is 0 Å². The van der Waals surface area contributed by atoms with Crippen molar-refractivity contribution in [1.82, 2.24) is 15.6 Å². The van der Waals surface area contributed by atoms with Crippen molar-refractivity contribution in [3.63, 3.8) is 0 Å². The number of aromatic nitrogens is 1. The van der Waals surface area contributed by atoms with E-state index in [0.29, 0.717) is 6.54 Å². The molecule has 0 fully saturated rings. The molecule has 3 rings (SSSR count). The number of pyridine rings is 1. The highest BCUT2D eigenvalue weighted by Crippen LogP contribution is 2.18. The van der Waals surface area contributed by atoms with Crippen LogP contribution in [-0.2, 0) is 13.0 Å². The third-order valence-corrected chi connectivity index (χ3v) is 4.51. The number of urea groups is 1. The van der Waals surface area contributed by atoms with E-state index in [4.69, 9.17) is 0 Å². The van der Waals surface area contributed by atoms with E-state index in [1.54, 1.807) is 6.20 Å². The fraction of sp³-hybridized carbons (Fsp3) is 0.217. The molecular weight excluding hydrogens is 348 g/mol. The van der Waals surface area contributed by atoms with Crippen LogP contribution in [0.4, 0.5) is 10.6 Å². The number of nitrogens with zero attached hydrogens (tertiary/aromatic N) is 2. The Kier molecular flexibility index (Phi) is 6.63. The maximum atomic E-state index is 12.5. The van der Waals surface area contributed by atoms with Crippen molar-refractivity contribution in [2.24, 2.45) is 0 Å². The third kappa shape index (κ3) is 5.58. The fourth-order valence-electron chi connectivity index (χ4n) is 2.96. The van der Waals surface area contributed by atoms with Crippen molar-refractivity contribution in [1.29, 1.82) is 0 Å². The SMILES string of the molecule is CN(C)c1ccc(CNC(=O)NC(Cc2ccccc2)c2ccccc2)cn1. The van der Waals surface area contributed by atoms with Crippen LogP contribution in [0.25, 0.3) is 0 Å². The predicted molar refractivity (Wildman–Crippen MR) is 113 cm³/mol. The second-order valence-corrected chi connectivity index (χ2v) is 6.90. The van der Waals surface area contributed by atoms with Gasteiger partial charge in [-0.25, -0.2) is 9.78 Å². The van der Waals surface area contributed by atoms with E-state index in [1.165, 1.54) is 5.56 Å². The number of hydrogen-bond acceptors (Lipinski definition) is 3. The van der Waals surface area contributed by atoms with Gasteiger partial charge in [-0.05, 0) is 29.2 Å². The Morgan fingerprint density at radius 2 is 1.61 bits per heavy atom. The Bertz CT molecular complexity index is 864. The van der Waals surface area contributed by atoms with E-state index in [-0.39, 0.29) is 12.1 Å². The first kappa shape index (κ1) is 19.4. The lowest BCUT2D eigenvalue weighted by Crippen LogP contribution is -2.38. The molecule has 144 valence electrons. The largest absolute Gasteiger partial charge is 0.363 e. The number of carbonyl (C=O) groups is 1. The smallest absolute Gasteiger partial charge is 0.315 e. The van der Waals surface area contributed by atoms with Crippen LogP contribution in [0.15, 0.2) is 79.0 Å². The van der Waals surface area contributed by atoms with Crippen LogP contribution in [0.2, 0.25) is 0 Å². The minimum Gasteiger partial charge on any atom is -0.363 e. The van der Waals surface area contributed by atoms with Gasteiger partial charge in [-0.3, -0.25) is 0 Å². The van der Waals surface area contributed by atoms with Crippen LogP contribution in [0.3, 0.4) is 0 Å². The minimum absolute atomic E-state index is 0.0992. The summed E-state index contributed by atoms with van der Waals surface area (Å²) < 4.78 is 0. The average Bonchev–Trinajstić information content (AvgIpc) is 2.73. The Labute approximate surface area is 166 Å². The Hall–Kier alpha value is -3.34. The molecule has 5 heteroatoms. The summed E-state index contributed by atoms with van der Waals surface area (Å²) in [4.78, 5) is 18.8. The number of carbonyl (C=O) groups excluding carboxylic acids is 1. The summed E-state index contributed by atoms with van der Waals surface area (Å²) in [6.45, 7) is 0.430. The summed E-state index contributed by atoms with van der Waals surface area (Å²) in [6.07, 6.45) is 2.52. The van der Waals surface area contributed by atoms with Gasteiger partial charge in [0.25, 0.3) is 0 Å². The van der Waals surface area contributed by atoms with Crippen LogP contribution in [0, 0.1) is 0 Å². The fourth-order valence-corrected chi connectivity index (χ4v) is 2.96. The predicted octanol–water partition coefficient (Wildman–Crippen LogP) is 3.93. The maximum absolute atomic E-state index is 12.5. The highest BCUT2D eigenvalue weighted by atomic mass is 16.2. The van der Waals surface area contributed by atoms with Crippen LogP contribution in [0.1, 0.15) is 22.7 Å². The topological polar surface area (TPSA) is 57.3 Å². The molecule has 3 aromatic rings. The normalized spacial score (nSPS) is 11.5. The lowest BCUT2D eigenvalue weighted by molar-refractivity contribution is 0.236. The molecule has 28 heavy (non-hydrogen) atoms. The van der Waals surface area contributed by atoms with Crippen molar-refractivity contribution < 1.29 is 4.79 Å². The zero-order valence-corrected chi connectivity index (χ0v) is 16.3. The molecule has 0 aliphatic heterocycles. The van der Waals surface area contributed by atoms with E-state index in [0.717, 1.165) is 23.4 Å². The lowest BCUT2D eigenvalue weighted by Gasteiger charge is -2.20. The van der Waals surface area contributed by atoms with Crippen molar-refractivity contribution in [2.75, 3.05) is 19.0 Å². The van der Waals surface area contributed by atoms with Gasteiger partial charge in [-0.1, -0.05) is 66.7 Å². The van der Waals surface area contributed by atoms with Crippen LogP contribution >= 0.6 is 0 Å². The first-order valence-corrected chi connectivity index (χ1v) is 9.37. The molecule has 0 bridgehead atoms. The van der Waals surface area contributed by atoms with E-state index in [1.807, 2.05) is 79.7 Å². The van der Waals surface area contributed by atoms with Gasteiger partial charge < -0.3 is 15.5 Å². The van der Waals surface area contributed by atoms with Gasteiger partial charge in [0.05, 0.1) is 6.04 Å². The van der Waals surface area contributed by atoms with E-state index >= 15 is 0 Å². The molecule has 1 unspecified atom stereocenters. The maximum Gasteiger partial charge on any atom is 0.315 e. The van der Waals surface area contributed by atoms with Crippen molar-refractivity contribution in [3.05, 3.63) is 95.7 Å². The highest BCUT2D eigenvalue weighted by Gasteiger charge is 2.15. The molecule has 0 aliphatic rings. The number of nitrogens with one attached hydrogen (secondary N) is 2. The van der Waals surface area contributed by atoms with Gasteiger partial charge in [0.2, 0.25) is 0 Å². The zero-order valence-electron chi connectivity index (χ0n) is 16.3. The van der Waals surface area contributed by atoms with E-state index in [9.17, 15) is 4.79 Å². The summed E-state index contributed by atoms with van der Waals surface area (Å²) >= 11 is 0. The van der Waals surface area contributed by atoms with Crippen molar-refractivity contribution >= 4 is 11.8 Å². The number of benzene rings is 2. The summed E-state index contributed by atoms with van der Waals surface area (Å²) in [7, 11) is 3.90. The molecule has 5 nitrogen and oxygen atoms in total. The van der Waals surface area contributed by atoms with Gasteiger partial charge >= 0.3 is 6.03 Å². The highest BCUT2D eigenvalue weighted by molar-refractivity contribution is 5.74. The summed E-state index contributed by atoms with van der Waals surface area (Å²) in [5.74, 6) is 0.889. The monoisotopic (exact) mass is 374 g/mol. The Morgan fingerprint density at radius 1 is 0.929 bits per heavy atom. The van der Waals surface area contributed by atoms with E-state index in [2.05, 4.69) is 27.8 Å². The molecule has 1 aromatic heterocycles. The molecule has 1 heterocycles. The second kappa shape index (κ2) is 9.55. The molecule has 1 atom stereocenters. The molecule has 0 aliphatic carbocycles. The number of anilines is 1. The number of rotatable bonds is 7. The molecule has 2 aromatic carbocycles. The van der Waals surface area contributed by atoms with Crippen LogP contribution in [-0.4, -0.2) is 25.1 Å². The van der Waals surface area contributed by atoms with Crippen molar-refractivity contribution in [2.45, 2.75) is 19.0 Å².